The highest BCUT2D eigenvalue weighted by Crippen LogP contribution is 2.64. The van der Waals surface area contributed by atoms with Gasteiger partial charge in [0.1, 0.15) is 17.5 Å². The van der Waals surface area contributed by atoms with E-state index in [-0.39, 0.29) is 36.0 Å². The summed E-state index contributed by atoms with van der Waals surface area (Å²) in [4.78, 5) is 69.8. The number of fused-ring (bicyclic) bond motifs is 3. The number of Topliss-reactive ketones (excluding diaryl/α,β-unsaturated/α-hetero) is 5. The molecule has 262 valence electrons. The summed E-state index contributed by atoms with van der Waals surface area (Å²) in [6.45, 7) is 12.3. The Bertz CT molecular complexity index is 1710. The predicted octanol–water partition coefficient (Wildman–Crippen LogP) is 6.81. The van der Waals surface area contributed by atoms with Crippen LogP contribution in [0.4, 0.5) is 0 Å². The van der Waals surface area contributed by atoms with Gasteiger partial charge in [-0.05, 0) is 110 Å². The van der Waals surface area contributed by atoms with Crippen molar-refractivity contribution in [1.29, 1.82) is 0 Å². The molecule has 6 atom stereocenters. The molecular weight excluding hydrogens is 616 g/mol. The van der Waals surface area contributed by atoms with Crippen LogP contribution < -0.4 is 0 Å². The molecule has 7 nitrogen and oxygen atoms in total. The third-order valence-corrected chi connectivity index (χ3v) is 13.0. The average molecular weight is 669 g/mol. The lowest BCUT2D eigenvalue weighted by Crippen LogP contribution is -2.76. The number of carbonyl (C=O) groups is 5. The first-order chi connectivity index (χ1) is 23.0. The minimum atomic E-state index is -2.68. The number of hydrogen-bond donors (Lipinski definition) is 2. The van der Waals surface area contributed by atoms with E-state index in [0.717, 1.165) is 44.6 Å². The lowest BCUT2D eigenvalue weighted by atomic mass is 9.39. The summed E-state index contributed by atoms with van der Waals surface area (Å²) >= 11 is 0. The highest BCUT2D eigenvalue weighted by molar-refractivity contribution is 6.32. The summed E-state index contributed by atoms with van der Waals surface area (Å²) < 4.78 is 0. The van der Waals surface area contributed by atoms with Crippen molar-refractivity contribution in [3.8, 4) is 5.75 Å². The molecule has 0 radical (unpaired) electrons. The molecule has 0 amide bonds. The number of aromatic hydroxyl groups is 1. The zero-order valence-corrected chi connectivity index (χ0v) is 30.1. The number of benzene rings is 2. The SMILES string of the molecule is CC(=O)C1C(=O)C(C(C)C)[C@@]2(C)C[C@@]3(C)Cc4c(C(C)C)cc(CC5CCC(Cc6ccccc6)CC5)c(O)c4C(=O)C3C(=O)[C@@]2(O)C1=O. The first kappa shape index (κ1) is 35.4. The van der Waals surface area contributed by atoms with E-state index in [1.165, 1.54) is 5.56 Å². The molecule has 2 aromatic rings. The maximum Gasteiger partial charge on any atom is 0.190 e. The molecule has 3 saturated carbocycles. The fraction of sp³-hybridized carbons (Fsp3) is 0.595. The Morgan fingerprint density at radius 3 is 2.04 bits per heavy atom. The van der Waals surface area contributed by atoms with Gasteiger partial charge in [-0.1, -0.05) is 77.9 Å². The second kappa shape index (κ2) is 12.4. The number of phenolic OH excluding ortho intramolecular Hbond substituents is 1. The Morgan fingerprint density at radius 2 is 1.49 bits per heavy atom. The fourth-order valence-electron chi connectivity index (χ4n) is 10.9. The number of hydrogen-bond acceptors (Lipinski definition) is 7. The molecule has 6 rings (SSSR count). The minimum absolute atomic E-state index is 0.0343. The van der Waals surface area contributed by atoms with Crippen molar-refractivity contribution in [3.63, 3.8) is 0 Å². The molecule has 0 saturated heterocycles. The number of ketones is 5. The molecule has 0 aliphatic heterocycles. The molecule has 4 aliphatic carbocycles. The number of aliphatic hydroxyl groups is 1. The van der Waals surface area contributed by atoms with Crippen molar-refractivity contribution in [2.75, 3.05) is 0 Å². The van der Waals surface area contributed by atoms with E-state index in [2.05, 4.69) is 44.2 Å². The first-order valence-corrected chi connectivity index (χ1v) is 18.3. The number of phenols is 1. The minimum Gasteiger partial charge on any atom is -0.507 e. The average Bonchev–Trinajstić information content (AvgIpc) is 3.01. The van der Waals surface area contributed by atoms with Gasteiger partial charge in [0, 0.05) is 11.3 Å². The molecular formula is C42H52O7. The van der Waals surface area contributed by atoms with Crippen molar-refractivity contribution in [2.45, 2.75) is 111 Å². The van der Waals surface area contributed by atoms with Crippen molar-refractivity contribution < 1.29 is 34.2 Å². The molecule has 0 aromatic heterocycles. The molecule has 0 bridgehead atoms. The van der Waals surface area contributed by atoms with Crippen LogP contribution in [-0.2, 0) is 38.4 Å². The van der Waals surface area contributed by atoms with E-state index < -0.39 is 63.1 Å². The van der Waals surface area contributed by atoms with Crippen molar-refractivity contribution >= 4 is 28.9 Å². The fourth-order valence-corrected chi connectivity index (χ4v) is 10.9. The molecule has 49 heavy (non-hydrogen) atoms. The summed E-state index contributed by atoms with van der Waals surface area (Å²) in [5.74, 6) is -7.46. The summed E-state index contributed by atoms with van der Waals surface area (Å²) in [7, 11) is 0. The highest BCUT2D eigenvalue weighted by Gasteiger charge is 2.76. The summed E-state index contributed by atoms with van der Waals surface area (Å²) in [6.07, 6.45) is 6.29. The van der Waals surface area contributed by atoms with Crippen LogP contribution in [0.5, 0.6) is 5.75 Å². The van der Waals surface area contributed by atoms with Gasteiger partial charge < -0.3 is 10.2 Å². The molecule has 3 fully saturated rings. The number of carbonyl (C=O) groups excluding carboxylic acids is 5. The molecule has 0 spiro atoms. The zero-order valence-electron chi connectivity index (χ0n) is 30.1. The molecule has 2 N–H and O–H groups in total. The van der Waals surface area contributed by atoms with Crippen LogP contribution in [0, 0.1) is 46.3 Å². The van der Waals surface area contributed by atoms with E-state index in [0.29, 0.717) is 29.4 Å². The molecule has 0 heterocycles. The third kappa shape index (κ3) is 5.37. The molecule has 7 heteroatoms. The van der Waals surface area contributed by atoms with Crippen LogP contribution in [0.3, 0.4) is 0 Å². The van der Waals surface area contributed by atoms with Gasteiger partial charge in [-0.15, -0.1) is 0 Å². The van der Waals surface area contributed by atoms with Gasteiger partial charge >= 0.3 is 0 Å². The molecule has 2 aromatic carbocycles. The van der Waals surface area contributed by atoms with Crippen LogP contribution in [0.1, 0.15) is 119 Å². The second-order valence-corrected chi connectivity index (χ2v) is 17.1. The van der Waals surface area contributed by atoms with Gasteiger partial charge in [-0.2, -0.15) is 0 Å². The van der Waals surface area contributed by atoms with Gasteiger partial charge in [-0.25, -0.2) is 0 Å². The van der Waals surface area contributed by atoms with E-state index in [4.69, 9.17) is 0 Å². The smallest absolute Gasteiger partial charge is 0.190 e. The third-order valence-electron chi connectivity index (χ3n) is 13.0. The lowest BCUT2D eigenvalue weighted by Gasteiger charge is -2.62. The van der Waals surface area contributed by atoms with Crippen LogP contribution >= 0.6 is 0 Å². The Morgan fingerprint density at radius 1 is 0.898 bits per heavy atom. The Labute approximate surface area is 290 Å². The summed E-state index contributed by atoms with van der Waals surface area (Å²) in [5, 5.41) is 24.2. The van der Waals surface area contributed by atoms with Crippen molar-refractivity contribution in [1.82, 2.24) is 0 Å². The van der Waals surface area contributed by atoms with Gasteiger partial charge in [0.2, 0.25) is 0 Å². The molecule has 3 unspecified atom stereocenters. The standard InChI is InChI=1S/C42H52O7/c1-22(2)29-19-28(18-27-15-13-26(14-16-27)17-25-11-9-8-10-12-25)35(44)32-30(29)20-40(6)21-41(7)33(23(3)4)36(45)31(24(5)43)38(47)42(41,49)39(48)34(40)37(32)46/h8-12,19,22-23,26-27,31,33-34,44,49H,13-18,20-21H2,1-7H3/t26?,27?,31?,33?,34?,40-,41-,42+/m1/s1. The van der Waals surface area contributed by atoms with E-state index in [9.17, 15) is 34.2 Å². The summed E-state index contributed by atoms with van der Waals surface area (Å²) in [5.41, 5.74) is -1.36. The largest absolute Gasteiger partial charge is 0.507 e. The normalized spacial score (nSPS) is 34.5. The first-order valence-electron chi connectivity index (χ1n) is 18.3. The van der Waals surface area contributed by atoms with Gasteiger partial charge in [0.05, 0.1) is 11.5 Å². The van der Waals surface area contributed by atoms with Gasteiger partial charge in [0.15, 0.2) is 28.7 Å². The monoisotopic (exact) mass is 668 g/mol. The lowest BCUT2D eigenvalue weighted by molar-refractivity contribution is -0.205. The Balaban J connectivity index is 1.36. The highest BCUT2D eigenvalue weighted by atomic mass is 16.3. The van der Waals surface area contributed by atoms with Crippen molar-refractivity contribution in [3.05, 3.63) is 64.2 Å². The van der Waals surface area contributed by atoms with Crippen LogP contribution in [0.15, 0.2) is 36.4 Å². The summed E-state index contributed by atoms with van der Waals surface area (Å²) in [6, 6.07) is 12.6. The van der Waals surface area contributed by atoms with Crippen LogP contribution in [-0.4, -0.2) is 44.7 Å². The Hall–Kier alpha value is -3.45. The quantitative estimate of drug-likeness (QED) is 0.311. The van der Waals surface area contributed by atoms with E-state index in [1.807, 2.05) is 13.0 Å². The van der Waals surface area contributed by atoms with E-state index in [1.54, 1.807) is 20.8 Å². The topological polar surface area (TPSA) is 126 Å². The Kier molecular flexibility index (Phi) is 8.95. The maximum atomic E-state index is 14.7. The second-order valence-electron chi connectivity index (χ2n) is 17.1. The zero-order chi connectivity index (χ0) is 35.8. The maximum absolute atomic E-state index is 14.7. The molecule has 4 aliphatic rings. The van der Waals surface area contributed by atoms with Crippen molar-refractivity contribution in [2.24, 2.45) is 46.3 Å². The predicted molar refractivity (Wildman–Crippen MR) is 186 cm³/mol. The van der Waals surface area contributed by atoms with Gasteiger partial charge in [-0.3, -0.25) is 24.0 Å². The van der Waals surface area contributed by atoms with E-state index >= 15 is 0 Å². The number of rotatable bonds is 7. The van der Waals surface area contributed by atoms with Gasteiger partial charge in [0.25, 0.3) is 0 Å². The van der Waals surface area contributed by atoms with Crippen LogP contribution in [0.25, 0.3) is 0 Å². The van der Waals surface area contributed by atoms with Crippen LogP contribution in [0.2, 0.25) is 0 Å².